The fraction of sp³-hybridized carbons (Fsp3) is 0.500. The van der Waals surface area contributed by atoms with E-state index in [-0.39, 0.29) is 6.04 Å². The minimum atomic E-state index is 0.173. The van der Waals surface area contributed by atoms with Gasteiger partial charge in [0.25, 0.3) is 0 Å². The van der Waals surface area contributed by atoms with E-state index < -0.39 is 0 Å². The molecule has 1 aromatic carbocycles. The molecule has 0 heterocycles. The first-order valence-electron chi connectivity index (χ1n) is 4.99. The third-order valence-electron chi connectivity index (χ3n) is 2.46. The number of aryl methyl sites for hydroxylation is 1. The molecular weight excluding hydrogens is 158 g/mol. The molecule has 0 spiro atoms. The lowest BCUT2D eigenvalue weighted by Crippen LogP contribution is -2.16. The Morgan fingerprint density at radius 2 is 2.00 bits per heavy atom. The first-order chi connectivity index (χ1) is 6.15. The number of nitrogens with two attached hydrogens (primary N) is 1. The van der Waals surface area contributed by atoms with E-state index in [1.165, 1.54) is 11.1 Å². The van der Waals surface area contributed by atoms with Gasteiger partial charge in [-0.05, 0) is 23.5 Å². The van der Waals surface area contributed by atoms with Gasteiger partial charge in [-0.1, -0.05) is 45.0 Å². The zero-order valence-corrected chi connectivity index (χ0v) is 8.75. The second-order valence-electron chi connectivity index (χ2n) is 3.87. The van der Waals surface area contributed by atoms with E-state index in [9.17, 15) is 0 Å². The zero-order chi connectivity index (χ0) is 9.84. The fourth-order valence-electron chi connectivity index (χ4n) is 1.41. The first-order valence-corrected chi connectivity index (χ1v) is 4.99. The molecule has 0 amide bonds. The van der Waals surface area contributed by atoms with Gasteiger partial charge in [0.05, 0.1) is 0 Å². The van der Waals surface area contributed by atoms with Crippen LogP contribution < -0.4 is 5.73 Å². The van der Waals surface area contributed by atoms with Gasteiger partial charge in [0.2, 0.25) is 0 Å². The van der Waals surface area contributed by atoms with Crippen molar-refractivity contribution in [1.82, 2.24) is 0 Å². The highest BCUT2D eigenvalue weighted by atomic mass is 14.6. The molecule has 0 unspecified atom stereocenters. The standard InChI is InChI=1S/C12H19N/c1-4-10-6-5-7-11(8-10)12(13)9(2)3/h5-9,12H,4,13H2,1-3H3/t12-/m0/s1. The van der Waals surface area contributed by atoms with Gasteiger partial charge in [0, 0.05) is 6.04 Å². The summed E-state index contributed by atoms with van der Waals surface area (Å²) in [5.41, 5.74) is 8.69. The largest absolute Gasteiger partial charge is 0.324 e. The molecule has 1 nitrogen and oxygen atoms in total. The fourth-order valence-corrected chi connectivity index (χ4v) is 1.41. The summed E-state index contributed by atoms with van der Waals surface area (Å²) in [7, 11) is 0. The Morgan fingerprint density at radius 3 is 2.54 bits per heavy atom. The van der Waals surface area contributed by atoms with Gasteiger partial charge in [0.15, 0.2) is 0 Å². The van der Waals surface area contributed by atoms with Crippen molar-refractivity contribution in [3.05, 3.63) is 35.4 Å². The molecular formula is C12H19N. The average Bonchev–Trinajstić information content (AvgIpc) is 2.16. The second kappa shape index (κ2) is 4.43. The van der Waals surface area contributed by atoms with Crippen LogP contribution in [0.25, 0.3) is 0 Å². The normalized spacial score (nSPS) is 13.3. The van der Waals surface area contributed by atoms with Crippen LogP contribution in [0.2, 0.25) is 0 Å². The summed E-state index contributed by atoms with van der Waals surface area (Å²) in [5, 5.41) is 0. The smallest absolute Gasteiger partial charge is 0.0318 e. The van der Waals surface area contributed by atoms with Crippen LogP contribution in [0.5, 0.6) is 0 Å². The van der Waals surface area contributed by atoms with Gasteiger partial charge in [-0.15, -0.1) is 0 Å². The van der Waals surface area contributed by atoms with Crippen molar-refractivity contribution >= 4 is 0 Å². The quantitative estimate of drug-likeness (QED) is 0.754. The van der Waals surface area contributed by atoms with Crippen LogP contribution >= 0.6 is 0 Å². The van der Waals surface area contributed by atoms with E-state index >= 15 is 0 Å². The van der Waals surface area contributed by atoms with Gasteiger partial charge in [-0.25, -0.2) is 0 Å². The minimum Gasteiger partial charge on any atom is -0.324 e. The molecule has 0 saturated heterocycles. The van der Waals surface area contributed by atoms with Crippen LogP contribution in [0.15, 0.2) is 24.3 Å². The maximum atomic E-state index is 6.06. The van der Waals surface area contributed by atoms with E-state index in [2.05, 4.69) is 45.0 Å². The topological polar surface area (TPSA) is 26.0 Å². The Bertz CT molecular complexity index is 266. The van der Waals surface area contributed by atoms with Gasteiger partial charge in [0.1, 0.15) is 0 Å². The van der Waals surface area contributed by atoms with E-state index in [0.29, 0.717) is 5.92 Å². The summed E-state index contributed by atoms with van der Waals surface area (Å²) < 4.78 is 0. The maximum absolute atomic E-state index is 6.06. The maximum Gasteiger partial charge on any atom is 0.0318 e. The Morgan fingerprint density at radius 1 is 1.31 bits per heavy atom. The van der Waals surface area contributed by atoms with E-state index in [1.54, 1.807) is 0 Å². The minimum absolute atomic E-state index is 0.173. The Labute approximate surface area is 81.0 Å². The van der Waals surface area contributed by atoms with E-state index in [1.807, 2.05) is 0 Å². The molecule has 0 bridgehead atoms. The lowest BCUT2D eigenvalue weighted by Gasteiger charge is -2.16. The summed E-state index contributed by atoms with van der Waals surface area (Å²) in [4.78, 5) is 0. The van der Waals surface area contributed by atoms with Crippen LogP contribution in [0.1, 0.15) is 37.9 Å². The van der Waals surface area contributed by atoms with Crippen molar-refractivity contribution in [3.8, 4) is 0 Å². The van der Waals surface area contributed by atoms with Crippen molar-refractivity contribution in [1.29, 1.82) is 0 Å². The van der Waals surface area contributed by atoms with Crippen molar-refractivity contribution in [2.75, 3.05) is 0 Å². The van der Waals surface area contributed by atoms with Crippen molar-refractivity contribution in [2.24, 2.45) is 11.7 Å². The van der Waals surface area contributed by atoms with Gasteiger partial charge >= 0.3 is 0 Å². The lowest BCUT2D eigenvalue weighted by atomic mass is 9.95. The number of benzene rings is 1. The summed E-state index contributed by atoms with van der Waals surface area (Å²) >= 11 is 0. The van der Waals surface area contributed by atoms with Crippen LogP contribution in [-0.4, -0.2) is 0 Å². The molecule has 0 aliphatic rings. The molecule has 1 atom stereocenters. The zero-order valence-electron chi connectivity index (χ0n) is 8.75. The second-order valence-corrected chi connectivity index (χ2v) is 3.87. The lowest BCUT2D eigenvalue weighted by molar-refractivity contribution is 0.514. The van der Waals surface area contributed by atoms with E-state index in [4.69, 9.17) is 5.73 Å². The molecule has 0 saturated carbocycles. The Balaban J connectivity index is 2.88. The monoisotopic (exact) mass is 177 g/mol. The van der Waals surface area contributed by atoms with Crippen molar-refractivity contribution < 1.29 is 0 Å². The van der Waals surface area contributed by atoms with Crippen molar-refractivity contribution in [3.63, 3.8) is 0 Å². The molecule has 0 fully saturated rings. The molecule has 1 rings (SSSR count). The molecule has 1 aromatic rings. The average molecular weight is 177 g/mol. The van der Waals surface area contributed by atoms with Crippen LogP contribution in [0.3, 0.4) is 0 Å². The van der Waals surface area contributed by atoms with Gasteiger partial charge < -0.3 is 5.73 Å². The molecule has 0 radical (unpaired) electrons. The van der Waals surface area contributed by atoms with Crippen molar-refractivity contribution in [2.45, 2.75) is 33.2 Å². The van der Waals surface area contributed by atoms with Gasteiger partial charge in [-0.2, -0.15) is 0 Å². The highest BCUT2D eigenvalue weighted by Crippen LogP contribution is 2.19. The first kappa shape index (κ1) is 10.3. The van der Waals surface area contributed by atoms with Gasteiger partial charge in [-0.3, -0.25) is 0 Å². The summed E-state index contributed by atoms with van der Waals surface area (Å²) in [6, 6.07) is 8.74. The molecule has 0 aromatic heterocycles. The molecule has 0 aliphatic heterocycles. The molecule has 0 aliphatic carbocycles. The SMILES string of the molecule is CCc1cccc([C@@H](N)C(C)C)c1. The van der Waals surface area contributed by atoms with Crippen LogP contribution in [-0.2, 0) is 6.42 Å². The van der Waals surface area contributed by atoms with E-state index in [0.717, 1.165) is 6.42 Å². The Hall–Kier alpha value is -0.820. The molecule has 1 heteroatoms. The third kappa shape index (κ3) is 2.56. The number of hydrogen-bond donors (Lipinski definition) is 1. The highest BCUT2D eigenvalue weighted by Gasteiger charge is 2.09. The molecule has 2 N–H and O–H groups in total. The number of rotatable bonds is 3. The Kier molecular flexibility index (Phi) is 3.49. The third-order valence-corrected chi connectivity index (χ3v) is 2.46. The highest BCUT2D eigenvalue weighted by molar-refractivity contribution is 5.26. The predicted molar refractivity (Wildman–Crippen MR) is 57.6 cm³/mol. The summed E-state index contributed by atoms with van der Waals surface area (Å²) in [5.74, 6) is 0.507. The summed E-state index contributed by atoms with van der Waals surface area (Å²) in [6.45, 7) is 6.48. The van der Waals surface area contributed by atoms with Crippen LogP contribution in [0, 0.1) is 5.92 Å². The van der Waals surface area contributed by atoms with Crippen LogP contribution in [0.4, 0.5) is 0 Å². The summed E-state index contributed by atoms with van der Waals surface area (Å²) in [6.07, 6.45) is 1.08. The number of hydrogen-bond acceptors (Lipinski definition) is 1. The molecule has 72 valence electrons. The molecule has 13 heavy (non-hydrogen) atoms. The predicted octanol–water partition coefficient (Wildman–Crippen LogP) is 2.90.